The first-order chi connectivity index (χ1) is 13.0. The Balaban J connectivity index is 0.000000249. The Morgan fingerprint density at radius 2 is 1.52 bits per heavy atom. The van der Waals surface area contributed by atoms with E-state index in [0.717, 1.165) is 18.4 Å². The van der Waals surface area contributed by atoms with Gasteiger partial charge in [0.25, 0.3) is 0 Å². The number of fused-ring (bicyclic) bond motifs is 1. The zero-order chi connectivity index (χ0) is 19.6. The normalized spacial score (nSPS) is 15.2. The van der Waals surface area contributed by atoms with Crippen LogP contribution in [0.1, 0.15) is 66.9 Å². The van der Waals surface area contributed by atoms with Gasteiger partial charge in [0.05, 0.1) is 0 Å². The highest BCUT2D eigenvalue weighted by atomic mass is 16.6. The molecule has 1 aliphatic carbocycles. The fourth-order valence-corrected chi connectivity index (χ4v) is 3.08. The van der Waals surface area contributed by atoms with Gasteiger partial charge in [-0.1, -0.05) is 68.4 Å². The molecule has 1 aliphatic rings. The largest absolute Gasteiger partial charge is 0.393 e. The van der Waals surface area contributed by atoms with Gasteiger partial charge >= 0.3 is 11.9 Å². The van der Waals surface area contributed by atoms with Gasteiger partial charge in [-0.3, -0.25) is 14.4 Å². The average Bonchev–Trinajstić information content (AvgIpc) is 2.71. The number of carbonyl (C=O) groups is 3. The summed E-state index contributed by atoms with van der Waals surface area (Å²) in [7, 11) is 0. The molecule has 27 heavy (non-hydrogen) atoms. The summed E-state index contributed by atoms with van der Waals surface area (Å²) in [5.74, 6) is -0.125. The highest BCUT2D eigenvalue weighted by molar-refractivity contribution is 5.98. The van der Waals surface area contributed by atoms with Crippen molar-refractivity contribution in [2.24, 2.45) is 0 Å². The van der Waals surface area contributed by atoms with E-state index in [9.17, 15) is 14.4 Å². The fraction of sp³-hybridized carbons (Fsp3) is 0.348. The van der Waals surface area contributed by atoms with Crippen LogP contribution in [0.2, 0.25) is 0 Å². The van der Waals surface area contributed by atoms with E-state index >= 15 is 0 Å². The van der Waals surface area contributed by atoms with Crippen LogP contribution in [0, 0.1) is 0 Å². The topological polar surface area (TPSA) is 60.4 Å². The predicted octanol–water partition coefficient (Wildman–Crippen LogP) is 4.87. The Kier molecular flexibility index (Phi) is 7.93. The van der Waals surface area contributed by atoms with Crippen molar-refractivity contribution >= 4 is 17.7 Å². The lowest BCUT2D eigenvalue weighted by Gasteiger charge is -2.24. The van der Waals surface area contributed by atoms with Crippen molar-refractivity contribution in [1.29, 1.82) is 0 Å². The van der Waals surface area contributed by atoms with Gasteiger partial charge < -0.3 is 4.74 Å². The predicted molar refractivity (Wildman–Crippen MR) is 105 cm³/mol. The number of hydrogen-bond donors (Lipinski definition) is 0. The number of hydrogen-bond acceptors (Lipinski definition) is 4. The van der Waals surface area contributed by atoms with Crippen LogP contribution < -0.4 is 0 Å². The molecule has 2 aromatic rings. The van der Waals surface area contributed by atoms with Crippen LogP contribution in [-0.2, 0) is 20.7 Å². The molecule has 0 fully saturated rings. The minimum atomic E-state index is -0.457. The Bertz CT molecular complexity index is 766. The van der Waals surface area contributed by atoms with Gasteiger partial charge in [0.2, 0.25) is 0 Å². The van der Waals surface area contributed by atoms with Crippen molar-refractivity contribution < 1.29 is 19.1 Å². The maximum atomic E-state index is 11.9. The van der Waals surface area contributed by atoms with Gasteiger partial charge in [0.1, 0.15) is 0 Å². The third-order valence-corrected chi connectivity index (χ3v) is 4.55. The van der Waals surface area contributed by atoms with Crippen LogP contribution in [-0.4, -0.2) is 17.7 Å². The van der Waals surface area contributed by atoms with E-state index in [1.807, 2.05) is 24.3 Å². The van der Waals surface area contributed by atoms with Crippen LogP contribution in [0.3, 0.4) is 0 Å². The third-order valence-electron chi connectivity index (χ3n) is 4.55. The van der Waals surface area contributed by atoms with Crippen molar-refractivity contribution in [3.63, 3.8) is 0 Å². The van der Waals surface area contributed by atoms with E-state index in [0.29, 0.717) is 18.1 Å². The molecule has 0 aliphatic heterocycles. The molecule has 0 heterocycles. The number of ether oxygens (including phenoxy) is 1. The first-order valence-corrected chi connectivity index (χ1v) is 9.44. The summed E-state index contributed by atoms with van der Waals surface area (Å²) < 4.78 is 4.27. The third kappa shape index (κ3) is 6.17. The molecule has 0 saturated carbocycles. The summed E-state index contributed by atoms with van der Waals surface area (Å²) in [5, 5.41) is 0. The lowest BCUT2D eigenvalue weighted by molar-refractivity contribution is -0.159. The lowest BCUT2D eigenvalue weighted by atomic mass is 9.79. The maximum absolute atomic E-state index is 11.9. The molecule has 0 amide bonds. The van der Waals surface area contributed by atoms with Gasteiger partial charge in [-0.2, -0.15) is 0 Å². The standard InChI is InChI=1S/C17H16O.C6H10O3/c18-17-11-10-14(12-13-6-2-1-3-7-13)15-8-4-5-9-16(15)17;1-3-5(7)9-6(8)4-2/h1-9,14H,10-12H2;3-4H2,1-2H3. The molecule has 1 unspecified atom stereocenters. The van der Waals surface area contributed by atoms with Crippen molar-refractivity contribution in [3.8, 4) is 0 Å². The van der Waals surface area contributed by atoms with Gasteiger partial charge in [0.15, 0.2) is 5.78 Å². The summed E-state index contributed by atoms with van der Waals surface area (Å²) >= 11 is 0. The second-order valence-corrected chi connectivity index (χ2v) is 6.49. The molecule has 3 rings (SSSR count). The quantitative estimate of drug-likeness (QED) is 0.572. The zero-order valence-electron chi connectivity index (χ0n) is 15.9. The van der Waals surface area contributed by atoms with Crippen molar-refractivity contribution in [3.05, 3.63) is 71.3 Å². The maximum Gasteiger partial charge on any atom is 0.313 e. The summed E-state index contributed by atoms with van der Waals surface area (Å²) in [6.07, 6.45) is 3.21. The summed E-state index contributed by atoms with van der Waals surface area (Å²) in [5.41, 5.74) is 3.52. The number of rotatable bonds is 4. The first-order valence-electron chi connectivity index (χ1n) is 9.44. The minimum Gasteiger partial charge on any atom is -0.393 e. The molecular formula is C23H26O4. The van der Waals surface area contributed by atoms with E-state index in [1.165, 1.54) is 11.1 Å². The van der Waals surface area contributed by atoms with Crippen LogP contribution in [0.5, 0.6) is 0 Å². The highest BCUT2D eigenvalue weighted by Gasteiger charge is 2.24. The first kappa shape index (κ1) is 20.6. The number of Topliss-reactive ketones (excluding diaryl/α,β-unsaturated/α-hetero) is 1. The zero-order valence-corrected chi connectivity index (χ0v) is 15.9. The molecular weight excluding hydrogens is 340 g/mol. The Morgan fingerprint density at radius 3 is 2.15 bits per heavy atom. The number of benzene rings is 2. The molecule has 0 bridgehead atoms. The summed E-state index contributed by atoms with van der Waals surface area (Å²) in [6.45, 7) is 3.29. The molecule has 2 aromatic carbocycles. The molecule has 4 nitrogen and oxygen atoms in total. The molecule has 0 spiro atoms. The number of carbonyl (C=O) groups excluding carboxylic acids is 3. The van der Waals surface area contributed by atoms with Crippen molar-refractivity contribution in [2.75, 3.05) is 0 Å². The van der Waals surface area contributed by atoms with E-state index in [1.54, 1.807) is 13.8 Å². The van der Waals surface area contributed by atoms with Crippen molar-refractivity contribution in [2.45, 2.75) is 51.9 Å². The van der Waals surface area contributed by atoms with Crippen LogP contribution in [0.4, 0.5) is 0 Å². The van der Waals surface area contributed by atoms with Crippen LogP contribution in [0.15, 0.2) is 54.6 Å². The molecule has 0 aromatic heterocycles. The molecule has 142 valence electrons. The molecule has 1 atom stereocenters. The van der Waals surface area contributed by atoms with E-state index in [-0.39, 0.29) is 12.8 Å². The smallest absolute Gasteiger partial charge is 0.313 e. The fourth-order valence-electron chi connectivity index (χ4n) is 3.08. The van der Waals surface area contributed by atoms with Gasteiger partial charge in [0, 0.05) is 24.8 Å². The van der Waals surface area contributed by atoms with Crippen LogP contribution in [0.25, 0.3) is 0 Å². The summed E-state index contributed by atoms with van der Waals surface area (Å²) in [6, 6.07) is 18.6. The molecule has 0 saturated heterocycles. The van der Waals surface area contributed by atoms with Crippen LogP contribution >= 0.6 is 0 Å². The Morgan fingerprint density at radius 1 is 0.926 bits per heavy atom. The van der Waals surface area contributed by atoms with Gasteiger partial charge in [-0.15, -0.1) is 0 Å². The molecule has 4 heteroatoms. The Hall–Kier alpha value is -2.75. The molecule has 0 radical (unpaired) electrons. The summed E-state index contributed by atoms with van der Waals surface area (Å²) in [4.78, 5) is 32.6. The number of esters is 2. The van der Waals surface area contributed by atoms with E-state index in [4.69, 9.17) is 0 Å². The minimum absolute atomic E-state index is 0.256. The highest BCUT2D eigenvalue weighted by Crippen LogP contribution is 2.33. The molecule has 0 N–H and O–H groups in total. The second kappa shape index (κ2) is 10.4. The van der Waals surface area contributed by atoms with Gasteiger partial charge in [-0.05, 0) is 29.9 Å². The van der Waals surface area contributed by atoms with E-state index in [2.05, 4.69) is 35.1 Å². The average molecular weight is 366 g/mol. The van der Waals surface area contributed by atoms with E-state index < -0.39 is 11.9 Å². The number of ketones is 1. The lowest BCUT2D eigenvalue weighted by Crippen LogP contribution is -2.17. The van der Waals surface area contributed by atoms with Gasteiger partial charge in [-0.25, -0.2) is 0 Å². The SMILES string of the molecule is CCC(=O)OC(=O)CC.O=C1CCC(Cc2ccccc2)c2ccccc21. The van der Waals surface area contributed by atoms with Crippen molar-refractivity contribution in [1.82, 2.24) is 0 Å². The Labute approximate surface area is 160 Å². The second-order valence-electron chi connectivity index (χ2n) is 6.49. The monoisotopic (exact) mass is 366 g/mol.